The number of halogens is 2. The molecule has 0 aliphatic carbocycles. The molecule has 3 aromatic carbocycles. The van der Waals surface area contributed by atoms with Crippen molar-refractivity contribution in [1.29, 1.82) is 0 Å². The molecule has 2 amide bonds. The van der Waals surface area contributed by atoms with E-state index in [2.05, 4.69) is 15.7 Å². The van der Waals surface area contributed by atoms with E-state index in [0.717, 1.165) is 10.7 Å². The van der Waals surface area contributed by atoms with Gasteiger partial charge in [-0.25, -0.2) is 4.39 Å². The molecule has 0 unspecified atom stereocenters. The first-order valence-electron chi connectivity index (χ1n) is 10.6. The van der Waals surface area contributed by atoms with Gasteiger partial charge in [0.05, 0.1) is 36.9 Å². The Hall–Kier alpha value is -4.44. The summed E-state index contributed by atoms with van der Waals surface area (Å²) in [5, 5.41) is 9.74. The van der Waals surface area contributed by atoms with E-state index < -0.39 is 29.7 Å². The van der Waals surface area contributed by atoms with E-state index in [4.69, 9.17) is 21.1 Å². The summed E-state index contributed by atoms with van der Waals surface area (Å²) in [6.07, 6.45) is 0. The van der Waals surface area contributed by atoms with Crippen molar-refractivity contribution in [3.8, 4) is 17.2 Å². The van der Waals surface area contributed by atoms with E-state index >= 15 is 0 Å². The number of rotatable bonds is 7. The largest absolute Gasteiger partial charge is 0.493 e. The third kappa shape index (κ3) is 4.98. The fourth-order valence-electron chi connectivity index (χ4n) is 3.51. The van der Waals surface area contributed by atoms with Gasteiger partial charge in [0.2, 0.25) is 5.91 Å². The summed E-state index contributed by atoms with van der Waals surface area (Å²) in [6.45, 7) is -0.403. The Morgan fingerprint density at radius 1 is 1.00 bits per heavy atom. The molecule has 1 aromatic heterocycles. The van der Waals surface area contributed by atoms with Crippen LogP contribution in [0.15, 0.2) is 65.5 Å². The van der Waals surface area contributed by atoms with E-state index in [-0.39, 0.29) is 21.8 Å². The predicted molar refractivity (Wildman–Crippen MR) is 133 cm³/mol. The lowest BCUT2D eigenvalue weighted by Crippen LogP contribution is -2.35. The monoisotopic (exact) mass is 510 g/mol. The van der Waals surface area contributed by atoms with Gasteiger partial charge in [-0.15, -0.1) is 0 Å². The third-order valence-electron chi connectivity index (χ3n) is 5.24. The van der Waals surface area contributed by atoms with Gasteiger partial charge in [0.15, 0.2) is 17.2 Å². The first-order chi connectivity index (χ1) is 17.3. The molecular weight excluding hydrogens is 491 g/mol. The molecule has 11 heteroatoms. The van der Waals surface area contributed by atoms with Crippen LogP contribution in [0.2, 0.25) is 5.02 Å². The van der Waals surface area contributed by atoms with Crippen LogP contribution in [0.5, 0.6) is 11.5 Å². The van der Waals surface area contributed by atoms with Gasteiger partial charge in [0, 0.05) is 17.1 Å². The first-order valence-corrected chi connectivity index (χ1v) is 11.0. The van der Waals surface area contributed by atoms with Gasteiger partial charge in [-0.05, 0) is 36.4 Å². The number of nitrogens with zero attached hydrogens (tertiary/aromatic N) is 2. The Morgan fingerprint density at radius 3 is 2.42 bits per heavy atom. The van der Waals surface area contributed by atoms with Crippen molar-refractivity contribution < 1.29 is 23.5 Å². The summed E-state index contributed by atoms with van der Waals surface area (Å²) < 4.78 is 25.0. The molecule has 0 aliphatic heterocycles. The first kappa shape index (κ1) is 24.7. The standard InChI is InChI=1S/C25H20ClFN4O5/c1-35-20-10-8-15(12-21(20)36-2)31-25(34)17-6-4-3-5-16(17)23(30-31)24(33)28-13-22(32)29-14-7-9-19(27)18(26)11-14/h3-12H,13H2,1-2H3,(H,28,33)(H,29,32). The van der Waals surface area contributed by atoms with Crippen molar-refractivity contribution in [3.63, 3.8) is 0 Å². The number of anilines is 1. The van der Waals surface area contributed by atoms with Gasteiger partial charge < -0.3 is 20.1 Å². The van der Waals surface area contributed by atoms with Crippen molar-refractivity contribution in [2.45, 2.75) is 0 Å². The molecule has 0 spiro atoms. The number of ether oxygens (including phenoxy) is 2. The van der Waals surface area contributed by atoms with Crippen LogP contribution in [0, 0.1) is 5.82 Å². The molecule has 1 heterocycles. The van der Waals surface area contributed by atoms with E-state index in [1.165, 1.54) is 26.4 Å². The van der Waals surface area contributed by atoms with Gasteiger partial charge in [0.1, 0.15) is 5.82 Å². The molecule has 0 bridgehead atoms. The molecule has 0 aliphatic rings. The summed E-state index contributed by atoms with van der Waals surface area (Å²) in [7, 11) is 2.95. The van der Waals surface area contributed by atoms with Crippen molar-refractivity contribution in [2.24, 2.45) is 0 Å². The number of carbonyl (C=O) groups excluding carboxylic acids is 2. The smallest absolute Gasteiger partial charge is 0.279 e. The van der Waals surface area contributed by atoms with E-state index in [1.54, 1.807) is 42.5 Å². The number of nitrogens with one attached hydrogen (secondary N) is 2. The number of aromatic nitrogens is 2. The second kappa shape index (κ2) is 10.4. The minimum Gasteiger partial charge on any atom is -0.493 e. The summed E-state index contributed by atoms with van der Waals surface area (Å²) >= 11 is 5.73. The van der Waals surface area contributed by atoms with Crippen LogP contribution in [-0.2, 0) is 4.79 Å². The summed E-state index contributed by atoms with van der Waals surface area (Å²) in [4.78, 5) is 38.5. The molecule has 0 radical (unpaired) electrons. The highest BCUT2D eigenvalue weighted by Gasteiger charge is 2.19. The Morgan fingerprint density at radius 2 is 1.72 bits per heavy atom. The molecule has 9 nitrogen and oxygen atoms in total. The number of fused-ring (bicyclic) bond motifs is 1. The molecule has 0 saturated heterocycles. The second-order valence-corrected chi connectivity index (χ2v) is 7.92. The lowest BCUT2D eigenvalue weighted by Gasteiger charge is -2.13. The molecule has 36 heavy (non-hydrogen) atoms. The highest BCUT2D eigenvalue weighted by molar-refractivity contribution is 6.31. The SMILES string of the molecule is COc1ccc(-n2nc(C(=O)NCC(=O)Nc3ccc(F)c(Cl)c3)c3ccccc3c2=O)cc1OC. The average Bonchev–Trinajstić information content (AvgIpc) is 2.89. The van der Waals surface area contributed by atoms with Crippen molar-refractivity contribution in [3.05, 3.63) is 87.6 Å². The molecule has 184 valence electrons. The fourth-order valence-corrected chi connectivity index (χ4v) is 3.69. The van der Waals surface area contributed by atoms with Gasteiger partial charge >= 0.3 is 0 Å². The number of benzene rings is 3. The van der Waals surface area contributed by atoms with Crippen LogP contribution in [-0.4, -0.2) is 42.4 Å². The number of carbonyl (C=O) groups is 2. The van der Waals surface area contributed by atoms with Crippen LogP contribution in [0.4, 0.5) is 10.1 Å². The zero-order valence-electron chi connectivity index (χ0n) is 19.2. The maximum Gasteiger partial charge on any atom is 0.279 e. The number of amides is 2. The molecule has 0 fully saturated rings. The normalized spacial score (nSPS) is 10.7. The maximum atomic E-state index is 13.3. The van der Waals surface area contributed by atoms with E-state index in [1.807, 2.05) is 0 Å². The molecule has 2 N–H and O–H groups in total. The number of hydrogen-bond donors (Lipinski definition) is 2. The second-order valence-electron chi connectivity index (χ2n) is 7.51. The molecule has 0 saturated carbocycles. The number of hydrogen-bond acceptors (Lipinski definition) is 6. The molecule has 4 aromatic rings. The highest BCUT2D eigenvalue weighted by Crippen LogP contribution is 2.29. The minimum absolute atomic E-state index is 0.0578. The summed E-state index contributed by atoms with van der Waals surface area (Å²) in [5.74, 6) is -1.02. The van der Waals surface area contributed by atoms with Gasteiger partial charge in [-0.3, -0.25) is 14.4 Å². The van der Waals surface area contributed by atoms with Gasteiger partial charge in [0.25, 0.3) is 11.5 Å². The predicted octanol–water partition coefficient (Wildman–Crippen LogP) is 3.56. The summed E-state index contributed by atoms with van der Waals surface area (Å²) in [5.41, 5.74) is 0.118. The fraction of sp³-hybridized carbons (Fsp3) is 0.120. The maximum absolute atomic E-state index is 13.3. The van der Waals surface area contributed by atoms with Crippen molar-refractivity contribution >= 4 is 39.9 Å². The van der Waals surface area contributed by atoms with Crippen molar-refractivity contribution in [2.75, 3.05) is 26.1 Å². The Labute approximate surface area is 209 Å². The zero-order chi connectivity index (χ0) is 25.8. The van der Waals surface area contributed by atoms with Gasteiger partial charge in [-0.1, -0.05) is 29.8 Å². The molecule has 4 rings (SSSR count). The quantitative estimate of drug-likeness (QED) is 0.393. The van der Waals surface area contributed by atoms with Crippen LogP contribution < -0.4 is 25.7 Å². The highest BCUT2D eigenvalue weighted by atomic mass is 35.5. The average molecular weight is 511 g/mol. The van der Waals surface area contributed by atoms with Crippen LogP contribution in [0.25, 0.3) is 16.5 Å². The minimum atomic E-state index is -0.673. The molecule has 0 atom stereocenters. The van der Waals surface area contributed by atoms with E-state index in [0.29, 0.717) is 22.6 Å². The van der Waals surface area contributed by atoms with Crippen molar-refractivity contribution in [1.82, 2.24) is 15.1 Å². The number of methoxy groups -OCH3 is 2. The van der Waals surface area contributed by atoms with Crippen LogP contribution in [0.1, 0.15) is 10.5 Å². The third-order valence-corrected chi connectivity index (χ3v) is 5.53. The summed E-state index contributed by atoms with van der Waals surface area (Å²) in [6, 6.07) is 15.0. The molecular formula is C25H20ClFN4O5. The van der Waals surface area contributed by atoms with Crippen LogP contribution >= 0.6 is 11.6 Å². The lowest BCUT2D eigenvalue weighted by atomic mass is 10.1. The topological polar surface area (TPSA) is 112 Å². The zero-order valence-corrected chi connectivity index (χ0v) is 19.9. The Bertz CT molecular complexity index is 1540. The Kier molecular flexibility index (Phi) is 7.16. The lowest BCUT2D eigenvalue weighted by molar-refractivity contribution is -0.115. The Balaban J connectivity index is 1.64. The van der Waals surface area contributed by atoms with E-state index in [9.17, 15) is 18.8 Å². The van der Waals surface area contributed by atoms with Crippen LogP contribution in [0.3, 0.4) is 0 Å². The van der Waals surface area contributed by atoms with Gasteiger partial charge in [-0.2, -0.15) is 9.78 Å².